The van der Waals surface area contributed by atoms with Crippen LogP contribution in [-0.4, -0.2) is 64.3 Å². The molecule has 3 heterocycles. The van der Waals surface area contributed by atoms with E-state index in [2.05, 4.69) is 9.89 Å². The first-order valence-corrected chi connectivity index (χ1v) is 13.7. The summed E-state index contributed by atoms with van der Waals surface area (Å²) in [6.45, 7) is 7.05. The first kappa shape index (κ1) is 27.9. The number of halogens is 3. The Hall–Kier alpha value is -3.63. The second kappa shape index (κ2) is 11.1. The average molecular weight is 588 g/mol. The van der Waals surface area contributed by atoms with Gasteiger partial charge in [-0.25, -0.2) is 18.9 Å². The van der Waals surface area contributed by atoms with Crippen LogP contribution in [0.5, 0.6) is 0 Å². The Balaban J connectivity index is 1.52. The molecule has 2 aromatic carbocycles. The first-order valence-electron chi connectivity index (χ1n) is 12.9. The van der Waals surface area contributed by atoms with Crippen molar-refractivity contribution in [1.82, 2.24) is 14.3 Å². The third-order valence-corrected chi connectivity index (χ3v) is 7.81. The van der Waals surface area contributed by atoms with E-state index in [1.807, 2.05) is 0 Å². The standard InChI is InChI=1S/C28H28Cl2FN5O4/c1-16(2)40-28(39)36-24(37)15-23-32-17(3)25(26(35(23)36)18-4-9-21(29)22(30)14-18)27(38)34-12-10-33(11-13-34)20-7-5-19(31)6-8-20/h4-9,14-16,25-26H,10-13H2,1-3H3. The summed E-state index contributed by atoms with van der Waals surface area (Å²) in [5.41, 5.74) is 1.33. The van der Waals surface area contributed by atoms with E-state index in [-0.39, 0.29) is 22.6 Å². The maximum absolute atomic E-state index is 14.2. The predicted octanol–water partition coefficient (Wildman–Crippen LogP) is 5.15. The van der Waals surface area contributed by atoms with Crippen LogP contribution in [0.3, 0.4) is 0 Å². The predicted molar refractivity (Wildman–Crippen MR) is 152 cm³/mol. The van der Waals surface area contributed by atoms with Gasteiger partial charge in [0.1, 0.15) is 11.7 Å². The topological polar surface area (TPSA) is 89.1 Å². The molecule has 210 valence electrons. The fraction of sp³-hybridized carbons (Fsp3) is 0.357. The fourth-order valence-electron chi connectivity index (χ4n) is 5.22. The molecule has 0 bridgehead atoms. The number of aromatic nitrogens is 2. The van der Waals surface area contributed by atoms with Crippen LogP contribution in [0.1, 0.15) is 32.4 Å². The van der Waals surface area contributed by atoms with E-state index in [1.54, 1.807) is 56.0 Å². The Bertz CT molecular complexity index is 1540. The lowest BCUT2D eigenvalue weighted by Gasteiger charge is -2.40. The molecule has 2 atom stereocenters. The van der Waals surface area contributed by atoms with E-state index >= 15 is 0 Å². The Morgan fingerprint density at radius 2 is 1.68 bits per heavy atom. The van der Waals surface area contributed by atoms with Gasteiger partial charge in [0.25, 0.3) is 5.56 Å². The summed E-state index contributed by atoms with van der Waals surface area (Å²) >= 11 is 12.6. The number of carbonyl (C=O) groups excluding carboxylic acids is 2. The molecular formula is C28H28Cl2FN5O4. The van der Waals surface area contributed by atoms with Crippen molar-refractivity contribution in [1.29, 1.82) is 0 Å². The molecule has 2 aliphatic rings. The van der Waals surface area contributed by atoms with Crippen LogP contribution >= 0.6 is 23.2 Å². The number of benzene rings is 2. The third-order valence-electron chi connectivity index (χ3n) is 7.08. The van der Waals surface area contributed by atoms with Crippen molar-refractivity contribution < 1.29 is 18.7 Å². The molecule has 0 spiro atoms. The van der Waals surface area contributed by atoms with Crippen molar-refractivity contribution >= 4 is 52.4 Å². The summed E-state index contributed by atoms with van der Waals surface area (Å²) in [7, 11) is 0. The number of fused-ring (bicyclic) bond motifs is 1. The van der Waals surface area contributed by atoms with Gasteiger partial charge in [-0.15, -0.1) is 4.68 Å². The van der Waals surface area contributed by atoms with Crippen LogP contribution in [0.25, 0.3) is 0 Å². The summed E-state index contributed by atoms with van der Waals surface area (Å²) in [6.07, 6.45) is -1.34. The van der Waals surface area contributed by atoms with Crippen molar-refractivity contribution in [3.05, 3.63) is 80.3 Å². The Morgan fingerprint density at radius 3 is 2.30 bits per heavy atom. The largest absolute Gasteiger partial charge is 0.445 e. The van der Waals surface area contributed by atoms with E-state index in [0.717, 1.165) is 10.4 Å². The molecule has 3 aromatic rings. The first-order chi connectivity index (χ1) is 19.0. The van der Waals surface area contributed by atoms with Crippen LogP contribution in [0, 0.1) is 11.7 Å². The molecule has 5 rings (SSSR count). The van der Waals surface area contributed by atoms with Crippen LogP contribution in [-0.2, 0) is 9.53 Å². The second-order valence-corrected chi connectivity index (χ2v) is 10.9. The van der Waals surface area contributed by atoms with Gasteiger partial charge in [-0.2, -0.15) is 0 Å². The lowest BCUT2D eigenvalue weighted by molar-refractivity contribution is -0.134. The Kier molecular flexibility index (Phi) is 7.74. The minimum Gasteiger partial charge on any atom is -0.445 e. The molecule has 40 heavy (non-hydrogen) atoms. The number of amides is 1. The molecule has 1 aromatic heterocycles. The fourth-order valence-corrected chi connectivity index (χ4v) is 5.53. The summed E-state index contributed by atoms with van der Waals surface area (Å²) in [4.78, 5) is 48.6. The summed E-state index contributed by atoms with van der Waals surface area (Å²) in [6, 6.07) is 11.6. The highest BCUT2D eigenvalue weighted by molar-refractivity contribution is 6.42. The van der Waals surface area contributed by atoms with Gasteiger partial charge in [-0.3, -0.25) is 9.59 Å². The zero-order valence-corrected chi connectivity index (χ0v) is 23.7. The number of piperazine rings is 1. The molecule has 1 amide bonds. The van der Waals surface area contributed by atoms with Crippen LogP contribution in [0.2, 0.25) is 10.0 Å². The molecule has 1 saturated heterocycles. The van der Waals surface area contributed by atoms with E-state index in [0.29, 0.717) is 42.5 Å². The number of rotatable bonds is 4. The summed E-state index contributed by atoms with van der Waals surface area (Å²) < 4.78 is 21.0. The highest BCUT2D eigenvalue weighted by Crippen LogP contribution is 2.39. The van der Waals surface area contributed by atoms with Crippen molar-refractivity contribution in [2.45, 2.75) is 32.9 Å². The maximum atomic E-state index is 14.2. The molecule has 2 unspecified atom stereocenters. The van der Waals surface area contributed by atoms with Gasteiger partial charge in [0.2, 0.25) is 5.91 Å². The SMILES string of the molecule is CC1=Nc2cc(=O)n(C(=O)OC(C)C)n2C(c2ccc(Cl)c(Cl)c2)C1C(=O)N1CCN(c2ccc(F)cc2)CC1. The molecule has 0 aliphatic carbocycles. The molecule has 1 fully saturated rings. The molecule has 0 saturated carbocycles. The van der Waals surface area contributed by atoms with Gasteiger partial charge >= 0.3 is 6.09 Å². The van der Waals surface area contributed by atoms with Crippen molar-refractivity contribution in [2.75, 3.05) is 31.1 Å². The lowest BCUT2D eigenvalue weighted by atomic mass is 9.87. The smallest absolute Gasteiger partial charge is 0.436 e. The van der Waals surface area contributed by atoms with Gasteiger partial charge in [0.05, 0.1) is 22.2 Å². The van der Waals surface area contributed by atoms with Crippen molar-refractivity contribution in [2.24, 2.45) is 10.9 Å². The van der Waals surface area contributed by atoms with Crippen molar-refractivity contribution in [3.63, 3.8) is 0 Å². The summed E-state index contributed by atoms with van der Waals surface area (Å²) in [5, 5.41) is 0.599. The molecule has 0 radical (unpaired) electrons. The number of hydrogen-bond donors (Lipinski definition) is 0. The minimum absolute atomic E-state index is 0.202. The lowest BCUT2D eigenvalue weighted by Crippen LogP contribution is -2.53. The van der Waals surface area contributed by atoms with Gasteiger partial charge in [0, 0.05) is 43.6 Å². The Morgan fingerprint density at radius 1 is 1.00 bits per heavy atom. The number of hydrogen-bond acceptors (Lipinski definition) is 6. The monoisotopic (exact) mass is 587 g/mol. The number of ether oxygens (including phenoxy) is 1. The summed E-state index contributed by atoms with van der Waals surface area (Å²) in [5.74, 6) is -1.12. The number of anilines is 1. The van der Waals surface area contributed by atoms with Gasteiger partial charge < -0.3 is 14.5 Å². The zero-order valence-electron chi connectivity index (χ0n) is 22.2. The van der Waals surface area contributed by atoms with E-state index in [1.165, 1.54) is 22.9 Å². The Labute approximate surface area is 240 Å². The number of nitrogens with zero attached hydrogens (tertiary/aromatic N) is 5. The van der Waals surface area contributed by atoms with Crippen LogP contribution < -0.4 is 10.5 Å². The molecular weight excluding hydrogens is 560 g/mol. The maximum Gasteiger partial charge on any atom is 0.436 e. The average Bonchev–Trinajstić information content (AvgIpc) is 3.24. The molecule has 0 N–H and O–H groups in total. The quantitative estimate of drug-likeness (QED) is 0.421. The molecule has 9 nitrogen and oxygen atoms in total. The molecule has 12 heteroatoms. The van der Waals surface area contributed by atoms with Gasteiger partial charge in [-0.05, 0) is 62.7 Å². The van der Waals surface area contributed by atoms with Gasteiger partial charge in [-0.1, -0.05) is 29.3 Å². The van der Waals surface area contributed by atoms with E-state index in [9.17, 15) is 18.8 Å². The third kappa shape index (κ3) is 5.25. The highest BCUT2D eigenvalue weighted by Gasteiger charge is 2.43. The van der Waals surface area contributed by atoms with Crippen molar-refractivity contribution in [3.8, 4) is 0 Å². The van der Waals surface area contributed by atoms with E-state index < -0.39 is 29.7 Å². The zero-order chi connectivity index (χ0) is 28.7. The normalized spacial score (nSPS) is 18.9. The second-order valence-electron chi connectivity index (χ2n) is 10.1. The van der Waals surface area contributed by atoms with Crippen LogP contribution in [0.15, 0.2) is 58.3 Å². The highest BCUT2D eigenvalue weighted by atomic mass is 35.5. The van der Waals surface area contributed by atoms with Crippen LogP contribution in [0.4, 0.5) is 20.7 Å². The van der Waals surface area contributed by atoms with Gasteiger partial charge in [0.15, 0.2) is 5.82 Å². The number of carbonyl (C=O) groups is 2. The van der Waals surface area contributed by atoms with E-state index in [4.69, 9.17) is 27.9 Å². The minimum atomic E-state index is -0.870. The molecule has 2 aliphatic heterocycles. The number of aliphatic imine (C=N–C) groups is 1.